The van der Waals surface area contributed by atoms with Crippen LogP contribution in [0.1, 0.15) is 29.8 Å². The Kier molecular flexibility index (Phi) is 5.76. The molecule has 1 amide bonds. The lowest BCUT2D eigenvalue weighted by Gasteiger charge is -2.27. The van der Waals surface area contributed by atoms with Gasteiger partial charge in [-0.05, 0) is 48.1 Å². The molecule has 0 spiro atoms. The highest BCUT2D eigenvalue weighted by atomic mass is 32.1. The smallest absolute Gasteiger partial charge is 0.226 e. The number of para-hydroxylation sites is 1. The van der Waals surface area contributed by atoms with Gasteiger partial charge in [-0.15, -0.1) is 0 Å². The molecule has 1 aliphatic rings. The lowest BCUT2D eigenvalue weighted by atomic mass is 9.99. The first-order valence-electron chi connectivity index (χ1n) is 9.67. The van der Waals surface area contributed by atoms with Gasteiger partial charge in [-0.1, -0.05) is 18.2 Å². The molecule has 2 atom stereocenters. The maximum Gasteiger partial charge on any atom is 0.226 e. The number of carbonyl (C=O) groups excluding carboxylic acids is 1. The quantitative estimate of drug-likeness (QED) is 0.594. The summed E-state index contributed by atoms with van der Waals surface area (Å²) < 4.78 is 15.8. The van der Waals surface area contributed by atoms with Crippen LogP contribution >= 0.6 is 12.2 Å². The van der Waals surface area contributed by atoms with Gasteiger partial charge in [0.25, 0.3) is 0 Å². The fourth-order valence-electron chi connectivity index (χ4n) is 3.71. The molecule has 3 aromatic rings. The summed E-state index contributed by atoms with van der Waals surface area (Å²) in [6.07, 6.45) is 5.96. The number of hydrogen-bond acceptors (Lipinski definition) is 3. The van der Waals surface area contributed by atoms with Crippen LogP contribution in [0.5, 0.6) is 0 Å². The average molecular weight is 424 g/mol. The molecule has 1 aliphatic heterocycles. The molecule has 6 nitrogen and oxygen atoms in total. The Bertz CT molecular complexity index is 1050. The molecule has 30 heavy (non-hydrogen) atoms. The predicted octanol–water partition coefficient (Wildman–Crippen LogP) is 3.56. The summed E-state index contributed by atoms with van der Waals surface area (Å²) in [6.45, 7) is 0.398. The summed E-state index contributed by atoms with van der Waals surface area (Å²) in [6, 6.07) is 13.7. The molecule has 8 heteroatoms. The van der Waals surface area contributed by atoms with Crippen LogP contribution < -0.4 is 10.6 Å². The second-order valence-corrected chi connectivity index (χ2v) is 7.60. The number of carbonyl (C=O) groups is 1. The van der Waals surface area contributed by atoms with Crippen molar-refractivity contribution in [2.45, 2.75) is 18.5 Å². The zero-order valence-corrected chi connectivity index (χ0v) is 17.3. The maximum atomic E-state index is 13.8. The van der Waals surface area contributed by atoms with Gasteiger partial charge >= 0.3 is 0 Å². The first-order valence-corrected chi connectivity index (χ1v) is 10.1. The molecular formula is C22H22FN5OS. The van der Waals surface area contributed by atoms with Gasteiger partial charge < -0.3 is 20.1 Å². The van der Waals surface area contributed by atoms with Crippen molar-refractivity contribution in [2.24, 2.45) is 7.05 Å². The third-order valence-electron chi connectivity index (χ3n) is 5.12. The van der Waals surface area contributed by atoms with Crippen LogP contribution in [0.4, 0.5) is 10.1 Å². The minimum Gasteiger partial charge on any atom is -0.357 e. The minimum absolute atomic E-state index is 0.102. The Morgan fingerprint density at radius 3 is 2.73 bits per heavy atom. The van der Waals surface area contributed by atoms with Crippen LogP contribution in [-0.4, -0.2) is 32.0 Å². The molecule has 1 aromatic carbocycles. The number of nitrogens with zero attached hydrogens (tertiary/aromatic N) is 3. The van der Waals surface area contributed by atoms with Crippen molar-refractivity contribution >= 4 is 28.9 Å². The van der Waals surface area contributed by atoms with E-state index < -0.39 is 5.82 Å². The molecule has 1 fully saturated rings. The number of thiocarbonyl (C=S) groups is 1. The van der Waals surface area contributed by atoms with Gasteiger partial charge in [-0.25, -0.2) is 4.39 Å². The monoisotopic (exact) mass is 423 g/mol. The number of pyridine rings is 1. The molecule has 4 rings (SSSR count). The van der Waals surface area contributed by atoms with E-state index in [4.69, 9.17) is 12.2 Å². The van der Waals surface area contributed by atoms with Crippen molar-refractivity contribution < 1.29 is 9.18 Å². The van der Waals surface area contributed by atoms with Gasteiger partial charge in [0.15, 0.2) is 5.11 Å². The summed E-state index contributed by atoms with van der Waals surface area (Å²) in [4.78, 5) is 18.9. The number of rotatable bonds is 6. The molecule has 0 aliphatic carbocycles. The Labute approximate surface area is 179 Å². The topological polar surface area (TPSA) is 62.2 Å². The minimum atomic E-state index is -0.457. The van der Waals surface area contributed by atoms with E-state index >= 15 is 0 Å². The molecule has 0 radical (unpaired) electrons. The van der Waals surface area contributed by atoms with Crippen molar-refractivity contribution in [3.63, 3.8) is 0 Å². The van der Waals surface area contributed by atoms with Crippen molar-refractivity contribution in [1.82, 2.24) is 19.8 Å². The van der Waals surface area contributed by atoms with E-state index in [-0.39, 0.29) is 30.1 Å². The standard InChI is InChI=1S/C22H22FN5OS/c1-27-12-9-15(14-27)21-20(18-8-4-5-11-24-18)26-22(30)28(21)13-10-19(29)25-17-7-3-2-6-16(17)23/h2-9,11-12,14,20-21H,10,13H2,1H3,(H,25,29)(H,26,30)/t20-,21-/m1/s1. The number of hydrogen-bond donors (Lipinski definition) is 2. The molecule has 3 heterocycles. The number of aromatic nitrogens is 2. The maximum absolute atomic E-state index is 13.8. The van der Waals surface area contributed by atoms with E-state index in [1.54, 1.807) is 24.4 Å². The van der Waals surface area contributed by atoms with Crippen LogP contribution in [0.25, 0.3) is 0 Å². The summed E-state index contributed by atoms with van der Waals surface area (Å²) in [5, 5.41) is 6.55. The molecule has 2 N–H and O–H groups in total. The second-order valence-electron chi connectivity index (χ2n) is 7.21. The van der Waals surface area contributed by atoms with Gasteiger partial charge in [0.1, 0.15) is 5.82 Å². The van der Waals surface area contributed by atoms with Gasteiger partial charge in [0, 0.05) is 38.6 Å². The fourth-order valence-corrected chi connectivity index (χ4v) is 4.04. The van der Waals surface area contributed by atoms with E-state index in [2.05, 4.69) is 15.6 Å². The van der Waals surface area contributed by atoms with E-state index in [0.29, 0.717) is 11.7 Å². The third-order valence-corrected chi connectivity index (χ3v) is 5.47. The van der Waals surface area contributed by atoms with Gasteiger partial charge in [-0.2, -0.15) is 0 Å². The number of anilines is 1. The largest absolute Gasteiger partial charge is 0.357 e. The third kappa shape index (κ3) is 4.18. The summed E-state index contributed by atoms with van der Waals surface area (Å²) in [5.41, 5.74) is 2.14. The Morgan fingerprint density at radius 2 is 2.03 bits per heavy atom. The van der Waals surface area contributed by atoms with Gasteiger partial charge in [0.05, 0.1) is 23.5 Å². The van der Waals surface area contributed by atoms with Gasteiger partial charge in [-0.3, -0.25) is 9.78 Å². The van der Waals surface area contributed by atoms with Crippen LogP contribution in [0.3, 0.4) is 0 Å². The fraction of sp³-hybridized carbons (Fsp3) is 0.227. The van der Waals surface area contributed by atoms with Crippen molar-refractivity contribution in [1.29, 1.82) is 0 Å². The molecule has 0 bridgehead atoms. The Hall–Kier alpha value is -3.26. The van der Waals surface area contributed by atoms with Crippen molar-refractivity contribution in [2.75, 3.05) is 11.9 Å². The summed E-state index contributed by atoms with van der Waals surface area (Å²) in [7, 11) is 1.96. The first-order chi connectivity index (χ1) is 14.5. The number of nitrogens with one attached hydrogen (secondary N) is 2. The molecule has 0 unspecified atom stereocenters. The van der Waals surface area contributed by atoms with E-state index in [9.17, 15) is 9.18 Å². The summed E-state index contributed by atoms with van der Waals surface area (Å²) in [5.74, 6) is -0.724. The van der Waals surface area contributed by atoms with E-state index in [1.807, 2.05) is 53.2 Å². The molecular weight excluding hydrogens is 401 g/mol. The molecule has 1 saturated heterocycles. The van der Waals surface area contributed by atoms with E-state index in [0.717, 1.165) is 11.3 Å². The van der Waals surface area contributed by atoms with Crippen molar-refractivity contribution in [3.05, 3.63) is 84.2 Å². The highest BCUT2D eigenvalue weighted by Gasteiger charge is 2.40. The van der Waals surface area contributed by atoms with Crippen LogP contribution in [-0.2, 0) is 11.8 Å². The van der Waals surface area contributed by atoms with Crippen LogP contribution in [0.2, 0.25) is 0 Å². The van der Waals surface area contributed by atoms with Crippen LogP contribution in [0.15, 0.2) is 67.1 Å². The number of halogens is 1. The number of amides is 1. The zero-order chi connectivity index (χ0) is 21.1. The lowest BCUT2D eigenvalue weighted by molar-refractivity contribution is -0.116. The van der Waals surface area contributed by atoms with Crippen LogP contribution in [0, 0.1) is 5.82 Å². The average Bonchev–Trinajstić information content (AvgIpc) is 3.31. The SMILES string of the molecule is Cn1ccc([C@@H]2[C@@H](c3ccccn3)NC(=S)N2CCC(=O)Nc2ccccc2F)c1. The van der Waals surface area contributed by atoms with Gasteiger partial charge in [0.2, 0.25) is 5.91 Å². The normalized spacial score (nSPS) is 18.3. The highest BCUT2D eigenvalue weighted by molar-refractivity contribution is 7.80. The second kappa shape index (κ2) is 8.62. The number of aryl methyl sites for hydroxylation is 1. The Balaban J connectivity index is 1.52. The molecule has 2 aromatic heterocycles. The first kappa shape index (κ1) is 20.0. The summed E-state index contributed by atoms with van der Waals surface area (Å²) >= 11 is 5.59. The lowest BCUT2D eigenvalue weighted by Crippen LogP contribution is -2.32. The Morgan fingerprint density at radius 1 is 1.23 bits per heavy atom. The zero-order valence-electron chi connectivity index (χ0n) is 16.5. The van der Waals surface area contributed by atoms with E-state index in [1.165, 1.54) is 6.07 Å². The molecule has 154 valence electrons. The molecule has 0 saturated carbocycles. The highest BCUT2D eigenvalue weighted by Crippen LogP contribution is 2.38. The predicted molar refractivity (Wildman–Crippen MR) is 117 cm³/mol. The van der Waals surface area contributed by atoms with Crippen molar-refractivity contribution in [3.8, 4) is 0 Å². The number of benzene rings is 1.